The largest absolute Gasteiger partial charge is 0.359 e. The van der Waals surface area contributed by atoms with E-state index in [0.717, 1.165) is 37.0 Å². The predicted molar refractivity (Wildman–Crippen MR) is 81.8 cm³/mol. The van der Waals surface area contributed by atoms with Crippen LogP contribution in [0.3, 0.4) is 0 Å². The Balaban J connectivity index is 1.99. The van der Waals surface area contributed by atoms with E-state index in [0.29, 0.717) is 10.9 Å². The lowest BCUT2D eigenvalue weighted by molar-refractivity contribution is 0.465. The van der Waals surface area contributed by atoms with Crippen LogP contribution in [0.2, 0.25) is 0 Å². The van der Waals surface area contributed by atoms with Crippen molar-refractivity contribution in [2.24, 2.45) is 5.14 Å². The van der Waals surface area contributed by atoms with Gasteiger partial charge in [0, 0.05) is 27.8 Å². The second-order valence-electron chi connectivity index (χ2n) is 4.83. The second-order valence-corrected chi connectivity index (χ2v) is 9.65. The van der Waals surface area contributed by atoms with E-state index < -0.39 is 20.8 Å². The summed E-state index contributed by atoms with van der Waals surface area (Å²) in [5.74, 6) is 0.685. The van der Waals surface area contributed by atoms with E-state index in [1.807, 2.05) is 6.92 Å². The Bertz CT molecular complexity index is 585. The molecule has 0 saturated heterocycles. The number of hydrogen-bond donors (Lipinski definition) is 2. The van der Waals surface area contributed by atoms with Gasteiger partial charge in [0.05, 0.1) is 6.20 Å². The van der Waals surface area contributed by atoms with E-state index in [1.54, 1.807) is 0 Å². The lowest BCUT2D eigenvalue weighted by Gasteiger charge is -2.28. The molecule has 3 unspecified atom stereocenters. The molecule has 1 aliphatic rings. The highest BCUT2D eigenvalue weighted by molar-refractivity contribution is 7.91. The Morgan fingerprint density at radius 1 is 1.55 bits per heavy atom. The molecule has 0 radical (unpaired) electrons. The zero-order valence-corrected chi connectivity index (χ0v) is 13.7. The number of rotatable bonds is 5. The SMILES string of the molecule is CCS(=O)C1CCCC(Nc2ncc(S(N)(=O)=O)s2)C1. The normalized spacial score (nSPS) is 25.3. The lowest BCUT2D eigenvalue weighted by Crippen LogP contribution is -2.32. The van der Waals surface area contributed by atoms with Crippen LogP contribution in [-0.4, -0.2) is 34.7 Å². The molecule has 3 N–H and O–H groups in total. The number of primary sulfonamides is 1. The summed E-state index contributed by atoms with van der Waals surface area (Å²) < 4.78 is 34.3. The molecular formula is C11H19N3O3S3. The molecule has 1 saturated carbocycles. The van der Waals surface area contributed by atoms with Crippen LogP contribution in [0.5, 0.6) is 0 Å². The summed E-state index contributed by atoms with van der Waals surface area (Å²) in [4.78, 5) is 4.04. The zero-order chi connectivity index (χ0) is 14.8. The maximum absolute atomic E-state index is 11.9. The second kappa shape index (κ2) is 6.50. The standard InChI is InChI=1S/C11H19N3O3S3/c1-2-19(15)9-5-3-4-8(6-9)14-11-13-7-10(18-11)20(12,16)17/h7-9H,2-6H2,1H3,(H,13,14)(H2,12,16,17). The molecule has 1 heterocycles. The maximum atomic E-state index is 11.9. The fraction of sp³-hybridized carbons (Fsp3) is 0.727. The minimum atomic E-state index is -3.68. The van der Waals surface area contributed by atoms with Gasteiger partial charge in [-0.3, -0.25) is 4.21 Å². The van der Waals surface area contributed by atoms with Crippen LogP contribution in [0.1, 0.15) is 32.6 Å². The molecular weight excluding hydrogens is 318 g/mol. The summed E-state index contributed by atoms with van der Waals surface area (Å²) in [6.07, 6.45) is 5.12. The summed E-state index contributed by atoms with van der Waals surface area (Å²) in [5.41, 5.74) is 0. The molecule has 20 heavy (non-hydrogen) atoms. The van der Waals surface area contributed by atoms with Crippen molar-refractivity contribution in [2.45, 2.75) is 48.1 Å². The number of nitrogens with two attached hydrogens (primary N) is 1. The van der Waals surface area contributed by atoms with E-state index >= 15 is 0 Å². The van der Waals surface area contributed by atoms with Gasteiger partial charge >= 0.3 is 0 Å². The molecule has 1 aromatic heterocycles. The smallest absolute Gasteiger partial charge is 0.249 e. The Kier molecular flexibility index (Phi) is 5.16. The first-order valence-corrected chi connectivity index (χ1v) is 10.3. The highest BCUT2D eigenvalue weighted by atomic mass is 32.2. The first-order chi connectivity index (χ1) is 9.40. The van der Waals surface area contributed by atoms with E-state index in [9.17, 15) is 12.6 Å². The molecule has 0 aliphatic heterocycles. The third kappa shape index (κ3) is 4.00. The molecule has 0 spiro atoms. The topological polar surface area (TPSA) is 102 Å². The van der Waals surface area contributed by atoms with Crippen molar-refractivity contribution in [1.82, 2.24) is 4.98 Å². The molecule has 1 aliphatic carbocycles. The third-order valence-electron chi connectivity index (χ3n) is 3.37. The molecule has 6 nitrogen and oxygen atoms in total. The van der Waals surface area contributed by atoms with Gasteiger partial charge in [-0.25, -0.2) is 18.5 Å². The number of nitrogens with one attached hydrogen (secondary N) is 1. The first-order valence-electron chi connectivity index (χ1n) is 6.52. The van der Waals surface area contributed by atoms with Gasteiger partial charge in [-0.05, 0) is 19.3 Å². The average molecular weight is 337 g/mol. The molecule has 0 amide bonds. The summed E-state index contributed by atoms with van der Waals surface area (Å²) >= 11 is 1.04. The van der Waals surface area contributed by atoms with Crippen LogP contribution in [0.15, 0.2) is 10.4 Å². The fourth-order valence-corrected chi connectivity index (χ4v) is 5.26. The monoisotopic (exact) mass is 337 g/mol. The Hall–Kier alpha value is -0.510. The van der Waals surface area contributed by atoms with Crippen molar-refractivity contribution in [3.8, 4) is 0 Å². The van der Waals surface area contributed by atoms with Crippen molar-refractivity contribution >= 4 is 37.3 Å². The van der Waals surface area contributed by atoms with Crippen molar-refractivity contribution < 1.29 is 12.6 Å². The zero-order valence-electron chi connectivity index (χ0n) is 11.2. The van der Waals surface area contributed by atoms with Gasteiger partial charge in [0.2, 0.25) is 10.0 Å². The average Bonchev–Trinajstić information content (AvgIpc) is 2.86. The molecule has 9 heteroatoms. The third-order valence-corrected chi connectivity index (χ3v) is 7.45. The number of aromatic nitrogens is 1. The first kappa shape index (κ1) is 15.9. The number of anilines is 1. The maximum Gasteiger partial charge on any atom is 0.249 e. The van der Waals surface area contributed by atoms with E-state index in [1.165, 1.54) is 6.20 Å². The van der Waals surface area contributed by atoms with Crippen LogP contribution in [0.4, 0.5) is 5.13 Å². The van der Waals surface area contributed by atoms with Gasteiger partial charge < -0.3 is 5.32 Å². The number of sulfonamides is 1. The Morgan fingerprint density at radius 2 is 2.30 bits per heavy atom. The van der Waals surface area contributed by atoms with Crippen LogP contribution in [0, 0.1) is 0 Å². The van der Waals surface area contributed by atoms with E-state index in [2.05, 4.69) is 10.3 Å². The molecule has 2 rings (SSSR count). The van der Waals surface area contributed by atoms with Crippen LogP contribution >= 0.6 is 11.3 Å². The van der Waals surface area contributed by atoms with Gasteiger partial charge in [-0.2, -0.15) is 0 Å². The summed E-state index contributed by atoms with van der Waals surface area (Å²) in [7, 11) is -4.46. The fourth-order valence-electron chi connectivity index (χ4n) is 2.38. The Morgan fingerprint density at radius 3 is 2.90 bits per heavy atom. The minimum Gasteiger partial charge on any atom is -0.359 e. The van der Waals surface area contributed by atoms with Crippen molar-refractivity contribution in [3.63, 3.8) is 0 Å². The van der Waals surface area contributed by atoms with Gasteiger partial charge in [-0.1, -0.05) is 24.7 Å². The number of nitrogens with zero attached hydrogens (tertiary/aromatic N) is 1. The molecule has 0 bridgehead atoms. The van der Waals surface area contributed by atoms with Gasteiger partial charge in [0.15, 0.2) is 9.34 Å². The van der Waals surface area contributed by atoms with Crippen LogP contribution in [-0.2, 0) is 20.8 Å². The summed E-state index contributed by atoms with van der Waals surface area (Å²) in [5, 5.41) is 9.08. The summed E-state index contributed by atoms with van der Waals surface area (Å²) in [6, 6.07) is 0.198. The molecule has 1 fully saturated rings. The molecule has 3 atom stereocenters. The van der Waals surface area contributed by atoms with Crippen LogP contribution < -0.4 is 10.5 Å². The lowest BCUT2D eigenvalue weighted by atomic mass is 9.95. The molecule has 114 valence electrons. The van der Waals surface area contributed by atoms with Crippen LogP contribution in [0.25, 0.3) is 0 Å². The van der Waals surface area contributed by atoms with Crippen molar-refractivity contribution in [2.75, 3.05) is 11.1 Å². The predicted octanol–water partition coefficient (Wildman–Crippen LogP) is 1.28. The van der Waals surface area contributed by atoms with Crippen molar-refractivity contribution in [1.29, 1.82) is 0 Å². The van der Waals surface area contributed by atoms with Gasteiger partial charge in [0.25, 0.3) is 0 Å². The van der Waals surface area contributed by atoms with Crippen molar-refractivity contribution in [3.05, 3.63) is 6.20 Å². The highest BCUT2D eigenvalue weighted by Crippen LogP contribution is 2.28. The number of thiazole rings is 1. The number of hydrogen-bond acceptors (Lipinski definition) is 6. The van der Waals surface area contributed by atoms with E-state index in [-0.39, 0.29) is 15.5 Å². The van der Waals surface area contributed by atoms with E-state index in [4.69, 9.17) is 5.14 Å². The Labute approximate surface area is 125 Å². The minimum absolute atomic E-state index is 0.0597. The van der Waals surface area contributed by atoms with Gasteiger partial charge in [-0.15, -0.1) is 0 Å². The molecule has 1 aromatic rings. The molecule has 0 aromatic carbocycles. The highest BCUT2D eigenvalue weighted by Gasteiger charge is 2.26. The summed E-state index contributed by atoms with van der Waals surface area (Å²) in [6.45, 7) is 1.94. The quantitative estimate of drug-likeness (QED) is 0.842. The van der Waals surface area contributed by atoms with Gasteiger partial charge in [0.1, 0.15) is 0 Å².